The Labute approximate surface area is 143 Å². The molecule has 0 amide bonds. The smallest absolute Gasteiger partial charge is 0.194 e. The second-order valence-corrected chi connectivity index (χ2v) is 6.92. The zero-order valence-electron chi connectivity index (χ0n) is 14.4. The van der Waals surface area contributed by atoms with E-state index in [1.165, 1.54) is 25.7 Å². The highest BCUT2D eigenvalue weighted by Gasteiger charge is 2.35. The van der Waals surface area contributed by atoms with E-state index in [4.69, 9.17) is 4.99 Å². The molecule has 24 heavy (non-hydrogen) atoms. The van der Waals surface area contributed by atoms with Crippen LogP contribution in [-0.4, -0.2) is 45.1 Å². The van der Waals surface area contributed by atoms with Gasteiger partial charge in [0.15, 0.2) is 17.4 Å². The molecule has 2 fully saturated rings. The van der Waals surface area contributed by atoms with Crippen LogP contribution in [0.15, 0.2) is 29.4 Å². The highest BCUT2D eigenvalue weighted by molar-refractivity contribution is 5.80. The van der Waals surface area contributed by atoms with Crippen molar-refractivity contribution < 1.29 is 0 Å². The molecule has 0 aromatic carbocycles. The number of nitrogens with zero attached hydrogens (tertiary/aromatic N) is 5. The zero-order chi connectivity index (χ0) is 16.4. The summed E-state index contributed by atoms with van der Waals surface area (Å²) < 4.78 is 2.01. The number of aromatic nitrogens is 3. The normalized spacial score (nSPS) is 24.4. The lowest BCUT2D eigenvalue weighted by molar-refractivity contribution is 0.299. The van der Waals surface area contributed by atoms with E-state index < -0.39 is 0 Å². The maximum atomic E-state index is 4.85. The van der Waals surface area contributed by atoms with E-state index in [0.29, 0.717) is 6.54 Å². The van der Waals surface area contributed by atoms with Crippen molar-refractivity contribution in [1.29, 1.82) is 0 Å². The minimum atomic E-state index is 0.555. The molecule has 4 rings (SSSR count). The van der Waals surface area contributed by atoms with Crippen molar-refractivity contribution >= 4 is 11.6 Å². The third-order valence-corrected chi connectivity index (χ3v) is 5.37. The Hall–Kier alpha value is -2.11. The Morgan fingerprint density at radius 3 is 2.75 bits per heavy atom. The molecule has 1 N–H and O–H groups in total. The molecule has 6 nitrogen and oxygen atoms in total. The molecule has 0 bridgehead atoms. The van der Waals surface area contributed by atoms with Gasteiger partial charge in [-0.05, 0) is 43.7 Å². The fourth-order valence-electron chi connectivity index (χ4n) is 4.15. The number of rotatable bonds is 3. The van der Waals surface area contributed by atoms with Gasteiger partial charge < -0.3 is 10.2 Å². The van der Waals surface area contributed by atoms with Crippen LogP contribution < -0.4 is 5.32 Å². The number of guanidine groups is 1. The monoisotopic (exact) mass is 326 g/mol. The number of aliphatic imine (C=N–C) groups is 1. The standard InChI is InChI=1S/C18H26N6/c1-2-19-18(23-12-14-7-3-4-8-15(14)13-23)20-11-17-22-21-16-9-5-6-10-24(16)17/h5-6,9-10,14-15H,2-4,7-8,11-13H2,1H3,(H,19,20). The number of fused-ring (bicyclic) bond motifs is 2. The van der Waals surface area contributed by atoms with Crippen molar-refractivity contribution in [3.8, 4) is 0 Å². The van der Waals surface area contributed by atoms with Crippen molar-refractivity contribution in [2.24, 2.45) is 16.8 Å². The van der Waals surface area contributed by atoms with Crippen molar-refractivity contribution in [3.63, 3.8) is 0 Å². The Bertz CT molecular complexity index is 707. The third-order valence-electron chi connectivity index (χ3n) is 5.37. The molecular formula is C18H26N6. The van der Waals surface area contributed by atoms with E-state index in [-0.39, 0.29) is 0 Å². The summed E-state index contributed by atoms with van der Waals surface area (Å²) in [6, 6.07) is 5.95. The van der Waals surface area contributed by atoms with Crippen LogP contribution in [-0.2, 0) is 6.54 Å². The van der Waals surface area contributed by atoms with Gasteiger partial charge in [0.1, 0.15) is 6.54 Å². The topological polar surface area (TPSA) is 57.8 Å². The summed E-state index contributed by atoms with van der Waals surface area (Å²) >= 11 is 0. The average molecular weight is 326 g/mol. The van der Waals surface area contributed by atoms with Gasteiger partial charge in [0.2, 0.25) is 0 Å². The second kappa shape index (κ2) is 6.79. The number of likely N-dealkylation sites (tertiary alicyclic amines) is 1. The van der Waals surface area contributed by atoms with E-state index in [2.05, 4.69) is 27.3 Å². The Morgan fingerprint density at radius 1 is 1.21 bits per heavy atom. The van der Waals surface area contributed by atoms with Crippen molar-refractivity contribution in [2.75, 3.05) is 19.6 Å². The van der Waals surface area contributed by atoms with Gasteiger partial charge in [0.25, 0.3) is 0 Å². The van der Waals surface area contributed by atoms with Crippen LogP contribution in [0.25, 0.3) is 5.65 Å². The average Bonchev–Trinajstić information content (AvgIpc) is 3.22. The summed E-state index contributed by atoms with van der Waals surface area (Å²) in [5, 5.41) is 12.0. The SMILES string of the molecule is CCNC(=NCc1nnc2ccccn12)N1CC2CCCCC2C1. The van der Waals surface area contributed by atoms with Crippen LogP contribution in [0.2, 0.25) is 0 Å². The molecule has 2 unspecified atom stereocenters. The summed E-state index contributed by atoms with van der Waals surface area (Å²) in [7, 11) is 0. The summed E-state index contributed by atoms with van der Waals surface area (Å²) in [6.07, 6.45) is 7.56. The number of hydrogen-bond acceptors (Lipinski definition) is 3. The first-order valence-corrected chi connectivity index (χ1v) is 9.17. The van der Waals surface area contributed by atoms with E-state index in [1.54, 1.807) is 0 Å². The predicted octanol–water partition coefficient (Wildman–Crippen LogP) is 2.32. The molecule has 2 aromatic rings. The molecule has 1 saturated heterocycles. The van der Waals surface area contributed by atoms with E-state index in [1.807, 2.05) is 28.8 Å². The quantitative estimate of drug-likeness (QED) is 0.695. The number of nitrogens with one attached hydrogen (secondary N) is 1. The third kappa shape index (κ3) is 2.97. The van der Waals surface area contributed by atoms with Crippen LogP contribution in [0.3, 0.4) is 0 Å². The maximum Gasteiger partial charge on any atom is 0.194 e. The number of pyridine rings is 1. The van der Waals surface area contributed by atoms with Crippen LogP contribution in [0.1, 0.15) is 38.4 Å². The Kier molecular flexibility index (Phi) is 4.36. The van der Waals surface area contributed by atoms with Gasteiger partial charge in [0, 0.05) is 25.8 Å². The minimum absolute atomic E-state index is 0.555. The van der Waals surface area contributed by atoms with Crippen molar-refractivity contribution in [2.45, 2.75) is 39.2 Å². The maximum absolute atomic E-state index is 4.85. The lowest BCUT2D eigenvalue weighted by atomic mass is 9.82. The first-order valence-electron chi connectivity index (χ1n) is 9.17. The fraction of sp³-hybridized carbons (Fsp3) is 0.611. The predicted molar refractivity (Wildman–Crippen MR) is 94.8 cm³/mol. The Balaban J connectivity index is 1.51. The lowest BCUT2D eigenvalue weighted by Crippen LogP contribution is -2.40. The first-order chi connectivity index (χ1) is 11.8. The molecule has 2 aliphatic rings. The minimum Gasteiger partial charge on any atom is -0.357 e. The molecule has 0 radical (unpaired) electrons. The van der Waals surface area contributed by atoms with Gasteiger partial charge in [0.05, 0.1) is 0 Å². The van der Waals surface area contributed by atoms with E-state index in [0.717, 1.165) is 48.9 Å². The van der Waals surface area contributed by atoms with E-state index in [9.17, 15) is 0 Å². The molecule has 2 atom stereocenters. The molecule has 1 aliphatic carbocycles. The van der Waals surface area contributed by atoms with Crippen LogP contribution in [0.5, 0.6) is 0 Å². The summed E-state index contributed by atoms with van der Waals surface area (Å²) in [5.74, 6) is 3.63. The molecule has 1 aliphatic heterocycles. The van der Waals surface area contributed by atoms with Crippen LogP contribution in [0, 0.1) is 11.8 Å². The molecule has 6 heteroatoms. The first kappa shape index (κ1) is 15.4. The summed E-state index contributed by atoms with van der Waals surface area (Å²) in [4.78, 5) is 7.31. The number of hydrogen-bond donors (Lipinski definition) is 1. The summed E-state index contributed by atoms with van der Waals surface area (Å²) in [5.41, 5.74) is 0.875. The van der Waals surface area contributed by atoms with Crippen LogP contribution in [0.4, 0.5) is 0 Å². The molecular weight excluding hydrogens is 300 g/mol. The summed E-state index contributed by atoms with van der Waals surface area (Å²) in [6.45, 7) is 5.88. The van der Waals surface area contributed by atoms with Gasteiger partial charge in [-0.15, -0.1) is 10.2 Å². The molecule has 3 heterocycles. The van der Waals surface area contributed by atoms with Gasteiger partial charge in [-0.1, -0.05) is 18.9 Å². The zero-order valence-corrected chi connectivity index (χ0v) is 14.4. The Morgan fingerprint density at radius 2 is 2.00 bits per heavy atom. The molecule has 128 valence electrons. The van der Waals surface area contributed by atoms with E-state index >= 15 is 0 Å². The van der Waals surface area contributed by atoms with Crippen molar-refractivity contribution in [3.05, 3.63) is 30.2 Å². The van der Waals surface area contributed by atoms with Crippen molar-refractivity contribution in [1.82, 2.24) is 24.8 Å². The highest BCUT2D eigenvalue weighted by atomic mass is 15.3. The van der Waals surface area contributed by atoms with Gasteiger partial charge in [-0.25, -0.2) is 4.99 Å². The molecule has 2 aromatic heterocycles. The van der Waals surface area contributed by atoms with Gasteiger partial charge in [-0.2, -0.15) is 0 Å². The second-order valence-electron chi connectivity index (χ2n) is 6.92. The molecule has 0 spiro atoms. The highest BCUT2D eigenvalue weighted by Crippen LogP contribution is 2.35. The van der Waals surface area contributed by atoms with Crippen LogP contribution >= 0.6 is 0 Å². The molecule has 1 saturated carbocycles. The fourth-order valence-corrected chi connectivity index (χ4v) is 4.15. The van der Waals surface area contributed by atoms with Gasteiger partial charge in [-0.3, -0.25) is 4.40 Å². The largest absolute Gasteiger partial charge is 0.357 e. The van der Waals surface area contributed by atoms with Gasteiger partial charge >= 0.3 is 0 Å². The lowest BCUT2D eigenvalue weighted by Gasteiger charge is -2.22.